The summed E-state index contributed by atoms with van der Waals surface area (Å²) < 4.78 is 38.1. The second-order valence-electron chi connectivity index (χ2n) is 7.84. The first-order chi connectivity index (χ1) is 14.8. The van der Waals surface area contributed by atoms with E-state index >= 15 is 0 Å². The molecule has 0 bridgehead atoms. The molecule has 0 saturated carbocycles. The van der Waals surface area contributed by atoms with Gasteiger partial charge in [0.1, 0.15) is 18.1 Å². The third-order valence-electron chi connectivity index (χ3n) is 5.32. The van der Waals surface area contributed by atoms with Crippen molar-refractivity contribution in [3.05, 3.63) is 53.6 Å². The highest BCUT2D eigenvalue weighted by atomic mass is 32.2. The molecule has 0 aliphatic carbocycles. The van der Waals surface area contributed by atoms with E-state index in [2.05, 4.69) is 11.4 Å². The van der Waals surface area contributed by atoms with Gasteiger partial charge in [0.2, 0.25) is 15.9 Å². The van der Waals surface area contributed by atoms with Crippen LogP contribution >= 0.6 is 0 Å². The molecule has 0 radical (unpaired) electrons. The molecule has 1 atom stereocenters. The summed E-state index contributed by atoms with van der Waals surface area (Å²) in [6, 6.07) is 12.3. The van der Waals surface area contributed by atoms with Crippen LogP contribution in [0.15, 0.2) is 47.4 Å². The number of carbonyl (C=O) groups excluding carboxylic acids is 1. The second-order valence-corrected chi connectivity index (χ2v) is 9.78. The molecule has 2 aromatic carbocycles. The van der Waals surface area contributed by atoms with Gasteiger partial charge in [-0.2, -0.15) is 4.31 Å². The number of nitrogens with one attached hydrogen (secondary N) is 1. The molecule has 1 heterocycles. The maximum absolute atomic E-state index is 13.0. The number of aryl methyl sites for hydroxylation is 2. The maximum atomic E-state index is 13.0. The van der Waals surface area contributed by atoms with Gasteiger partial charge in [-0.05, 0) is 74.2 Å². The van der Waals surface area contributed by atoms with Gasteiger partial charge in [-0.1, -0.05) is 6.07 Å². The van der Waals surface area contributed by atoms with Crippen LogP contribution in [0, 0.1) is 19.8 Å². The Morgan fingerprint density at radius 3 is 2.42 bits per heavy atom. The van der Waals surface area contributed by atoms with Crippen LogP contribution in [0.5, 0.6) is 11.5 Å². The van der Waals surface area contributed by atoms with Crippen molar-refractivity contribution in [3.63, 3.8) is 0 Å². The van der Waals surface area contributed by atoms with Crippen molar-refractivity contribution in [2.45, 2.75) is 31.6 Å². The highest BCUT2D eigenvalue weighted by Crippen LogP contribution is 2.25. The van der Waals surface area contributed by atoms with E-state index in [9.17, 15) is 13.2 Å². The average molecular weight is 447 g/mol. The monoisotopic (exact) mass is 446 g/mol. The van der Waals surface area contributed by atoms with E-state index in [1.54, 1.807) is 12.1 Å². The van der Waals surface area contributed by atoms with E-state index in [1.165, 1.54) is 23.5 Å². The normalized spacial score (nSPS) is 17.2. The van der Waals surface area contributed by atoms with Crippen molar-refractivity contribution in [2.75, 3.05) is 33.4 Å². The van der Waals surface area contributed by atoms with Crippen LogP contribution in [-0.4, -0.2) is 52.0 Å². The van der Waals surface area contributed by atoms with Crippen molar-refractivity contribution < 1.29 is 22.7 Å². The van der Waals surface area contributed by atoms with Crippen LogP contribution in [0.25, 0.3) is 0 Å². The number of benzene rings is 2. The van der Waals surface area contributed by atoms with Gasteiger partial charge in [-0.3, -0.25) is 4.79 Å². The fraction of sp³-hybridized carbons (Fsp3) is 0.435. The van der Waals surface area contributed by atoms with E-state index in [-0.39, 0.29) is 23.3 Å². The van der Waals surface area contributed by atoms with Gasteiger partial charge in [0.25, 0.3) is 0 Å². The zero-order chi connectivity index (χ0) is 22.4. The number of nitrogens with zero attached hydrogens (tertiary/aromatic N) is 1. The van der Waals surface area contributed by atoms with Crippen molar-refractivity contribution in [1.29, 1.82) is 0 Å². The molecule has 7 nitrogen and oxygen atoms in total. The van der Waals surface area contributed by atoms with Crippen molar-refractivity contribution >= 4 is 15.9 Å². The largest absolute Gasteiger partial charge is 0.497 e. The highest BCUT2D eigenvalue weighted by molar-refractivity contribution is 7.89. The Hall–Kier alpha value is -2.58. The number of piperidine rings is 1. The van der Waals surface area contributed by atoms with Crippen LogP contribution in [0.1, 0.15) is 24.0 Å². The van der Waals surface area contributed by atoms with E-state index in [0.717, 1.165) is 16.9 Å². The predicted molar refractivity (Wildman–Crippen MR) is 119 cm³/mol. The Kier molecular flexibility index (Phi) is 7.56. The molecule has 8 heteroatoms. The molecule has 31 heavy (non-hydrogen) atoms. The van der Waals surface area contributed by atoms with Gasteiger partial charge in [0.05, 0.1) is 24.5 Å². The van der Waals surface area contributed by atoms with Crippen molar-refractivity contribution in [3.8, 4) is 11.5 Å². The quantitative estimate of drug-likeness (QED) is 0.631. The number of carbonyl (C=O) groups is 1. The summed E-state index contributed by atoms with van der Waals surface area (Å²) in [6.07, 6.45) is 1.31. The zero-order valence-electron chi connectivity index (χ0n) is 18.3. The molecule has 1 N–H and O–H groups in total. The number of hydrogen-bond donors (Lipinski definition) is 1. The lowest BCUT2D eigenvalue weighted by atomic mass is 9.99. The Balaban J connectivity index is 1.52. The minimum Gasteiger partial charge on any atom is -0.497 e. The Labute approximate surface area is 184 Å². The predicted octanol–water partition coefficient (Wildman–Crippen LogP) is 2.91. The summed E-state index contributed by atoms with van der Waals surface area (Å²) >= 11 is 0. The fourth-order valence-electron chi connectivity index (χ4n) is 3.78. The highest BCUT2D eigenvalue weighted by Gasteiger charge is 2.33. The van der Waals surface area contributed by atoms with Gasteiger partial charge in [0.15, 0.2) is 0 Å². The number of amides is 1. The van der Waals surface area contributed by atoms with Crippen molar-refractivity contribution in [1.82, 2.24) is 9.62 Å². The summed E-state index contributed by atoms with van der Waals surface area (Å²) in [5.41, 5.74) is 2.25. The minimum absolute atomic E-state index is 0.140. The first kappa shape index (κ1) is 23.1. The molecule has 3 rings (SSSR count). The molecule has 2 aromatic rings. The van der Waals surface area contributed by atoms with E-state index < -0.39 is 10.0 Å². The van der Waals surface area contributed by atoms with E-state index in [0.29, 0.717) is 38.3 Å². The number of sulfonamides is 1. The lowest BCUT2D eigenvalue weighted by molar-refractivity contribution is -0.126. The summed E-state index contributed by atoms with van der Waals surface area (Å²) in [6.45, 7) is 5.34. The lowest BCUT2D eigenvalue weighted by Crippen LogP contribution is -2.45. The molecular formula is C23H30N2O5S. The van der Waals surface area contributed by atoms with Crippen LogP contribution in [0.2, 0.25) is 0 Å². The SMILES string of the molecule is COc1ccc(S(=O)(=O)N2CCCC(C(=O)NCCOc3cc(C)cc(C)c3)C2)cc1. The lowest BCUT2D eigenvalue weighted by Gasteiger charge is -2.31. The van der Waals surface area contributed by atoms with Gasteiger partial charge in [-0.15, -0.1) is 0 Å². The van der Waals surface area contributed by atoms with Gasteiger partial charge in [-0.25, -0.2) is 8.42 Å². The third kappa shape index (κ3) is 5.98. The molecule has 0 aromatic heterocycles. The number of rotatable bonds is 8. The Morgan fingerprint density at radius 1 is 1.10 bits per heavy atom. The van der Waals surface area contributed by atoms with Crippen LogP contribution in [0.3, 0.4) is 0 Å². The molecule has 1 aliphatic rings. The summed E-state index contributed by atoms with van der Waals surface area (Å²) in [4.78, 5) is 12.8. The molecule has 1 amide bonds. The number of ether oxygens (including phenoxy) is 2. The third-order valence-corrected chi connectivity index (χ3v) is 7.20. The molecule has 1 unspecified atom stereocenters. The van der Waals surface area contributed by atoms with Crippen LogP contribution in [-0.2, 0) is 14.8 Å². The standard InChI is InChI=1S/C23H30N2O5S/c1-17-13-18(2)15-21(14-17)30-12-10-24-23(26)19-5-4-11-25(16-19)31(27,28)22-8-6-20(29-3)7-9-22/h6-9,13-15,19H,4-5,10-12,16H2,1-3H3,(H,24,26). The molecule has 1 saturated heterocycles. The van der Waals surface area contributed by atoms with E-state index in [4.69, 9.17) is 9.47 Å². The first-order valence-electron chi connectivity index (χ1n) is 10.4. The number of methoxy groups -OCH3 is 1. The molecule has 1 aliphatic heterocycles. The first-order valence-corrected chi connectivity index (χ1v) is 11.9. The molecule has 168 valence electrons. The van der Waals surface area contributed by atoms with Crippen LogP contribution in [0.4, 0.5) is 0 Å². The molecule has 0 spiro atoms. The van der Waals surface area contributed by atoms with Gasteiger partial charge in [0, 0.05) is 13.1 Å². The zero-order valence-corrected chi connectivity index (χ0v) is 19.1. The van der Waals surface area contributed by atoms with E-state index in [1.807, 2.05) is 26.0 Å². The topological polar surface area (TPSA) is 84.9 Å². The maximum Gasteiger partial charge on any atom is 0.243 e. The Morgan fingerprint density at radius 2 is 1.77 bits per heavy atom. The molecule has 1 fully saturated rings. The number of hydrogen-bond acceptors (Lipinski definition) is 5. The summed E-state index contributed by atoms with van der Waals surface area (Å²) in [5.74, 6) is 0.862. The summed E-state index contributed by atoms with van der Waals surface area (Å²) in [5, 5.41) is 2.88. The second kappa shape index (κ2) is 10.2. The van der Waals surface area contributed by atoms with Crippen molar-refractivity contribution in [2.24, 2.45) is 5.92 Å². The average Bonchev–Trinajstić information content (AvgIpc) is 2.76. The summed E-state index contributed by atoms with van der Waals surface area (Å²) in [7, 11) is -2.12. The molecular weight excluding hydrogens is 416 g/mol. The smallest absolute Gasteiger partial charge is 0.243 e. The van der Waals surface area contributed by atoms with Crippen LogP contribution < -0.4 is 14.8 Å². The van der Waals surface area contributed by atoms with Gasteiger partial charge < -0.3 is 14.8 Å². The van der Waals surface area contributed by atoms with Gasteiger partial charge >= 0.3 is 0 Å². The minimum atomic E-state index is -3.65. The fourth-order valence-corrected chi connectivity index (χ4v) is 5.30. The Bertz CT molecular complexity index is 985.